The van der Waals surface area contributed by atoms with Gasteiger partial charge in [0.25, 0.3) is 12.4 Å². The molecule has 9 heteroatoms. The van der Waals surface area contributed by atoms with Crippen molar-refractivity contribution in [2.24, 2.45) is 0 Å². The number of carbonyl (C=O) groups is 2. The Balaban J connectivity index is 0.000000900. The number of hydrogen-bond acceptors (Lipinski definition) is 6. The highest BCUT2D eigenvalue weighted by atomic mass is 32.2. The van der Waals surface area contributed by atoms with Crippen LogP contribution in [0, 0.1) is 11.8 Å². The summed E-state index contributed by atoms with van der Waals surface area (Å²) in [4.78, 5) is 27.5. The second-order valence-electron chi connectivity index (χ2n) is 12.4. The molecule has 0 aromatic heterocycles. The van der Waals surface area contributed by atoms with Crippen molar-refractivity contribution in [2.75, 3.05) is 31.2 Å². The van der Waals surface area contributed by atoms with E-state index in [0.29, 0.717) is 31.9 Å². The van der Waals surface area contributed by atoms with E-state index in [4.69, 9.17) is 8.92 Å². The normalized spacial score (nSPS) is 13.3. The van der Waals surface area contributed by atoms with Crippen LogP contribution in [0.4, 0.5) is 9.57 Å². The predicted octanol–water partition coefficient (Wildman–Crippen LogP) is 7.63. The van der Waals surface area contributed by atoms with Gasteiger partial charge in [-0.25, -0.2) is 0 Å². The zero-order valence-corrected chi connectivity index (χ0v) is 28.8. The highest BCUT2D eigenvalue weighted by Crippen LogP contribution is 2.40. The first-order valence-corrected chi connectivity index (χ1v) is 16.3. The standard InChI is InChI=1S/C30H37FN2O4S.C6H13N/c1-6-36-20-18-30(4,5)32-27(34)15-16-28(35)33-19-17-29(2,3)25-21-23(11-14-26(25)33)8-7-22-9-12-24(13-10-22)37-38-31;1-4-5-7-6(2)3/h9-14,21H,6,15-20H2,1-5H3,(H,32,34);7H,2,4-5H2,1,3H3. The lowest BCUT2D eigenvalue weighted by atomic mass is 9.77. The van der Waals surface area contributed by atoms with Crippen LogP contribution in [-0.4, -0.2) is 43.7 Å². The van der Waals surface area contributed by atoms with Crippen molar-refractivity contribution in [3.05, 3.63) is 71.4 Å². The average molecular weight is 640 g/mol. The molecule has 1 aliphatic heterocycles. The van der Waals surface area contributed by atoms with E-state index < -0.39 is 5.54 Å². The van der Waals surface area contributed by atoms with Crippen LogP contribution in [0.2, 0.25) is 0 Å². The van der Waals surface area contributed by atoms with Crippen LogP contribution >= 0.6 is 12.4 Å². The summed E-state index contributed by atoms with van der Waals surface area (Å²) < 4.78 is 22.4. The molecule has 1 aliphatic rings. The molecule has 2 aromatic rings. The van der Waals surface area contributed by atoms with Crippen LogP contribution in [-0.2, 0) is 19.7 Å². The van der Waals surface area contributed by atoms with Crippen LogP contribution in [0.3, 0.4) is 0 Å². The third-order valence-corrected chi connectivity index (χ3v) is 7.66. The Morgan fingerprint density at radius 2 is 1.76 bits per heavy atom. The number of allylic oxidation sites excluding steroid dienone is 1. The molecule has 0 atom stereocenters. The Morgan fingerprint density at radius 3 is 2.36 bits per heavy atom. The Labute approximate surface area is 274 Å². The maximum Gasteiger partial charge on any atom is 0.272 e. The van der Waals surface area contributed by atoms with E-state index in [9.17, 15) is 13.5 Å². The molecule has 0 bridgehead atoms. The SMILES string of the molecule is C=C(C)NCCC.CCOCCC(C)(C)NC(=O)CCC(=O)N1CCC(C)(C)c2cc(C#Cc3ccc(OSF)cc3)ccc21. The van der Waals surface area contributed by atoms with E-state index in [1.54, 1.807) is 29.2 Å². The minimum atomic E-state index is -0.391. The molecule has 0 aliphatic carbocycles. The quantitative estimate of drug-likeness (QED) is 0.133. The summed E-state index contributed by atoms with van der Waals surface area (Å²) in [6, 6.07) is 12.8. The molecule has 0 unspecified atom stereocenters. The van der Waals surface area contributed by atoms with Crippen molar-refractivity contribution < 1.29 is 22.4 Å². The molecule has 0 saturated heterocycles. The number of ether oxygens (including phenoxy) is 1. The Hall–Kier alpha value is -3.48. The highest BCUT2D eigenvalue weighted by Gasteiger charge is 2.34. The number of hydrogen-bond donors (Lipinski definition) is 2. The van der Waals surface area contributed by atoms with Crippen LogP contribution < -0.4 is 19.7 Å². The fraction of sp³-hybridized carbons (Fsp3) is 0.500. The summed E-state index contributed by atoms with van der Waals surface area (Å²) in [6.45, 7) is 20.9. The van der Waals surface area contributed by atoms with Gasteiger partial charge in [0.05, 0.1) is 0 Å². The number of nitrogens with zero attached hydrogens (tertiary/aromatic N) is 1. The molecule has 2 N–H and O–H groups in total. The Kier molecular flexibility index (Phi) is 15.5. The van der Waals surface area contributed by atoms with Crippen LogP contribution in [0.5, 0.6) is 5.75 Å². The van der Waals surface area contributed by atoms with Gasteiger partial charge >= 0.3 is 0 Å². The minimum absolute atomic E-state index is 0.0587. The van der Waals surface area contributed by atoms with Gasteiger partial charge in [-0.2, -0.15) is 0 Å². The van der Waals surface area contributed by atoms with Crippen molar-refractivity contribution in [2.45, 2.75) is 91.5 Å². The minimum Gasteiger partial charge on any atom is -0.397 e. The number of carbonyl (C=O) groups excluding carboxylic acids is 2. The van der Waals surface area contributed by atoms with Crippen molar-refractivity contribution >= 4 is 29.9 Å². The third-order valence-electron chi connectivity index (χ3n) is 7.41. The molecule has 0 fully saturated rings. The van der Waals surface area contributed by atoms with Gasteiger partial charge in [-0.3, -0.25) is 9.59 Å². The van der Waals surface area contributed by atoms with E-state index in [0.717, 1.165) is 41.0 Å². The van der Waals surface area contributed by atoms with Gasteiger partial charge in [-0.15, -0.1) is 3.89 Å². The first kappa shape index (κ1) is 37.7. The van der Waals surface area contributed by atoms with E-state index in [-0.39, 0.29) is 42.5 Å². The molecule has 3 rings (SSSR count). The first-order valence-electron chi connectivity index (χ1n) is 15.6. The molecule has 1 heterocycles. The zero-order chi connectivity index (χ0) is 33.5. The van der Waals surface area contributed by atoms with Gasteiger partial charge in [-0.05, 0) is 100 Å². The number of nitrogens with one attached hydrogen (secondary N) is 2. The maximum absolute atomic E-state index is 13.2. The summed E-state index contributed by atoms with van der Waals surface area (Å²) in [5, 5.41) is 6.12. The molecule has 7 nitrogen and oxygen atoms in total. The highest BCUT2D eigenvalue weighted by molar-refractivity contribution is 7.89. The van der Waals surface area contributed by atoms with E-state index in [1.807, 2.05) is 45.9 Å². The van der Waals surface area contributed by atoms with Crippen molar-refractivity contribution in [3.63, 3.8) is 0 Å². The van der Waals surface area contributed by atoms with E-state index in [1.165, 1.54) is 6.42 Å². The average Bonchev–Trinajstić information content (AvgIpc) is 2.99. The summed E-state index contributed by atoms with van der Waals surface area (Å²) in [5.41, 5.74) is 4.12. The van der Waals surface area contributed by atoms with Gasteiger partial charge < -0.3 is 24.5 Å². The lowest BCUT2D eigenvalue weighted by Crippen LogP contribution is -2.45. The molecule has 2 aromatic carbocycles. The predicted molar refractivity (Wildman–Crippen MR) is 184 cm³/mol. The van der Waals surface area contributed by atoms with Crippen molar-refractivity contribution in [1.82, 2.24) is 10.6 Å². The van der Waals surface area contributed by atoms with Crippen molar-refractivity contribution in [1.29, 1.82) is 0 Å². The topological polar surface area (TPSA) is 79.9 Å². The number of benzene rings is 2. The molecule has 0 saturated carbocycles. The molecular weight excluding hydrogens is 589 g/mol. The first-order chi connectivity index (χ1) is 21.3. The van der Waals surface area contributed by atoms with Gasteiger partial charge in [0.1, 0.15) is 5.75 Å². The van der Waals surface area contributed by atoms with Gasteiger partial charge in [-0.1, -0.05) is 39.2 Å². The maximum atomic E-state index is 13.2. The smallest absolute Gasteiger partial charge is 0.272 e. The molecule has 45 heavy (non-hydrogen) atoms. The molecule has 2 amide bonds. The summed E-state index contributed by atoms with van der Waals surface area (Å²) in [6.07, 6.45) is 2.98. The lowest BCUT2D eigenvalue weighted by molar-refractivity contribution is -0.126. The van der Waals surface area contributed by atoms with Gasteiger partial charge in [0, 0.05) is 67.2 Å². The monoisotopic (exact) mass is 639 g/mol. The van der Waals surface area contributed by atoms with Crippen LogP contribution in [0.25, 0.3) is 0 Å². The Bertz CT molecular complexity index is 1330. The lowest BCUT2D eigenvalue weighted by Gasteiger charge is -2.39. The summed E-state index contributed by atoms with van der Waals surface area (Å²) >= 11 is -0.193. The van der Waals surface area contributed by atoms with Gasteiger partial charge in [0.15, 0.2) is 0 Å². The largest absolute Gasteiger partial charge is 0.397 e. The van der Waals surface area contributed by atoms with Crippen molar-refractivity contribution in [3.8, 4) is 17.6 Å². The summed E-state index contributed by atoms with van der Waals surface area (Å²) in [7, 11) is 0. The fourth-order valence-corrected chi connectivity index (χ4v) is 4.92. The van der Waals surface area contributed by atoms with Crippen LogP contribution in [0.15, 0.2) is 54.7 Å². The van der Waals surface area contributed by atoms with Crippen LogP contribution in [0.1, 0.15) is 97.3 Å². The number of anilines is 1. The second-order valence-corrected chi connectivity index (χ2v) is 12.7. The number of amides is 2. The number of rotatable bonds is 13. The number of halogens is 1. The second kappa shape index (κ2) is 18.5. The molecule has 0 spiro atoms. The van der Waals surface area contributed by atoms with E-state index >= 15 is 0 Å². The van der Waals surface area contributed by atoms with Gasteiger partial charge in [0.2, 0.25) is 11.8 Å². The molecular formula is C36H50FN3O4S. The third kappa shape index (κ3) is 13.2. The zero-order valence-electron chi connectivity index (χ0n) is 28.0. The summed E-state index contributed by atoms with van der Waals surface area (Å²) in [5.74, 6) is 6.55. The number of fused-ring (bicyclic) bond motifs is 1. The Morgan fingerprint density at radius 1 is 1.09 bits per heavy atom. The molecule has 246 valence electrons. The van der Waals surface area contributed by atoms with E-state index in [2.05, 4.69) is 49.8 Å². The fourth-order valence-electron chi connectivity index (χ4n) is 4.74. The molecule has 0 radical (unpaired) electrons.